The highest BCUT2D eigenvalue weighted by Crippen LogP contribution is 2.21. The van der Waals surface area contributed by atoms with Gasteiger partial charge in [-0.3, -0.25) is 0 Å². The van der Waals surface area contributed by atoms with E-state index in [9.17, 15) is 0 Å². The summed E-state index contributed by atoms with van der Waals surface area (Å²) in [5.74, 6) is 0. The van der Waals surface area contributed by atoms with Crippen LogP contribution in [-0.4, -0.2) is 5.11 Å². The Balaban J connectivity index is 3.14. The molecule has 0 atom stereocenters. The lowest BCUT2D eigenvalue weighted by Crippen LogP contribution is -1.87. The fourth-order valence-electron chi connectivity index (χ4n) is 0.671. The summed E-state index contributed by atoms with van der Waals surface area (Å²) in [6.45, 7) is 0.0544. The van der Waals surface area contributed by atoms with Crippen LogP contribution in [0.4, 0.5) is 0 Å². The summed E-state index contributed by atoms with van der Waals surface area (Å²) in [7, 11) is 0. The number of aliphatic hydroxyl groups is 1. The van der Waals surface area contributed by atoms with E-state index in [-0.39, 0.29) is 6.61 Å². The van der Waals surface area contributed by atoms with Gasteiger partial charge in [0, 0.05) is 3.57 Å². The van der Waals surface area contributed by atoms with Gasteiger partial charge >= 0.3 is 0 Å². The van der Waals surface area contributed by atoms with E-state index in [0.717, 1.165) is 9.13 Å². The first-order valence-corrected chi connectivity index (χ1v) is 4.25. The number of benzene rings is 1. The predicted molar refractivity (Wildman–Crippen MR) is 50.1 cm³/mol. The van der Waals surface area contributed by atoms with Gasteiger partial charge in [-0.05, 0) is 34.2 Å². The predicted octanol–water partition coefficient (Wildman–Crippen LogP) is 2.44. The first kappa shape index (κ1) is 8.30. The molecule has 0 saturated carbocycles. The molecule has 0 radical (unpaired) electrons. The molecule has 0 spiro atoms. The molecular weight excluding hydrogens is 262 g/mol. The molecular formula is C7H6ClIO. The van der Waals surface area contributed by atoms with E-state index < -0.39 is 0 Å². The number of hydrogen-bond acceptors (Lipinski definition) is 1. The van der Waals surface area contributed by atoms with Crippen LogP contribution in [0.25, 0.3) is 0 Å². The van der Waals surface area contributed by atoms with E-state index in [4.69, 9.17) is 16.7 Å². The van der Waals surface area contributed by atoms with Gasteiger partial charge in [0.1, 0.15) is 0 Å². The van der Waals surface area contributed by atoms with Crippen LogP contribution in [0, 0.1) is 3.57 Å². The standard InChI is InChI=1S/C7H6ClIO/c8-6-3-1-2-5(4-10)7(6)9/h1-3,10H,4H2. The fourth-order valence-corrected chi connectivity index (χ4v) is 1.39. The third-order valence-electron chi connectivity index (χ3n) is 1.20. The van der Waals surface area contributed by atoms with Gasteiger partial charge in [-0.2, -0.15) is 0 Å². The summed E-state index contributed by atoms with van der Waals surface area (Å²) in [5, 5.41) is 9.48. The number of hydrogen-bond donors (Lipinski definition) is 1. The maximum absolute atomic E-state index is 8.78. The number of halogens is 2. The molecule has 1 aromatic rings. The highest BCUT2D eigenvalue weighted by atomic mass is 127. The van der Waals surface area contributed by atoms with E-state index in [0.29, 0.717) is 5.02 Å². The molecule has 0 unspecified atom stereocenters. The van der Waals surface area contributed by atoms with Crippen LogP contribution < -0.4 is 0 Å². The molecule has 1 rings (SSSR count). The van der Waals surface area contributed by atoms with Gasteiger partial charge in [0.2, 0.25) is 0 Å². The average Bonchev–Trinajstić information content (AvgIpc) is 1.95. The topological polar surface area (TPSA) is 20.2 Å². The maximum Gasteiger partial charge on any atom is 0.0692 e. The second-order valence-electron chi connectivity index (χ2n) is 1.87. The van der Waals surface area contributed by atoms with Crippen LogP contribution in [0.1, 0.15) is 5.56 Å². The molecule has 0 saturated heterocycles. The quantitative estimate of drug-likeness (QED) is 0.776. The molecule has 0 fully saturated rings. The molecule has 3 heteroatoms. The van der Waals surface area contributed by atoms with Crippen molar-refractivity contribution in [2.75, 3.05) is 0 Å². The SMILES string of the molecule is OCc1cccc(Cl)c1I. The van der Waals surface area contributed by atoms with Gasteiger partial charge in [-0.15, -0.1) is 0 Å². The zero-order chi connectivity index (χ0) is 7.56. The molecule has 0 aliphatic rings. The van der Waals surface area contributed by atoms with Crippen molar-refractivity contribution in [2.24, 2.45) is 0 Å². The Morgan fingerprint density at radius 3 is 2.70 bits per heavy atom. The van der Waals surface area contributed by atoms with Gasteiger partial charge < -0.3 is 5.11 Å². The highest BCUT2D eigenvalue weighted by Gasteiger charge is 2.00. The van der Waals surface area contributed by atoms with Gasteiger partial charge in [-0.1, -0.05) is 23.7 Å². The van der Waals surface area contributed by atoms with Gasteiger partial charge in [0.25, 0.3) is 0 Å². The van der Waals surface area contributed by atoms with E-state index in [2.05, 4.69) is 22.6 Å². The normalized spacial score (nSPS) is 9.90. The Hall–Kier alpha value is 0.200. The molecule has 54 valence electrons. The van der Waals surface area contributed by atoms with E-state index in [1.807, 2.05) is 18.2 Å². The minimum absolute atomic E-state index is 0.0544. The lowest BCUT2D eigenvalue weighted by molar-refractivity contribution is 0.281. The molecule has 0 bridgehead atoms. The molecule has 1 aromatic carbocycles. The first-order valence-electron chi connectivity index (χ1n) is 2.79. The largest absolute Gasteiger partial charge is 0.392 e. The minimum Gasteiger partial charge on any atom is -0.392 e. The summed E-state index contributed by atoms with van der Waals surface area (Å²) in [5.41, 5.74) is 0.883. The average molecular weight is 268 g/mol. The zero-order valence-electron chi connectivity index (χ0n) is 5.14. The van der Waals surface area contributed by atoms with Crippen molar-refractivity contribution in [1.82, 2.24) is 0 Å². The summed E-state index contributed by atoms with van der Waals surface area (Å²) in [6.07, 6.45) is 0. The zero-order valence-corrected chi connectivity index (χ0v) is 8.06. The van der Waals surface area contributed by atoms with Gasteiger partial charge in [-0.25, -0.2) is 0 Å². The van der Waals surface area contributed by atoms with Crippen molar-refractivity contribution in [2.45, 2.75) is 6.61 Å². The molecule has 1 N–H and O–H groups in total. The second kappa shape index (κ2) is 3.55. The lowest BCUT2D eigenvalue weighted by atomic mass is 10.2. The van der Waals surface area contributed by atoms with Crippen LogP contribution in [0.2, 0.25) is 5.02 Å². The number of rotatable bonds is 1. The Morgan fingerprint density at radius 1 is 1.50 bits per heavy atom. The van der Waals surface area contributed by atoms with E-state index >= 15 is 0 Å². The number of aliphatic hydroxyl groups excluding tert-OH is 1. The van der Waals surface area contributed by atoms with Crippen molar-refractivity contribution in [3.05, 3.63) is 32.4 Å². The molecule has 0 heterocycles. The van der Waals surface area contributed by atoms with Crippen LogP contribution in [0.15, 0.2) is 18.2 Å². The van der Waals surface area contributed by atoms with E-state index in [1.54, 1.807) is 0 Å². The smallest absolute Gasteiger partial charge is 0.0692 e. The second-order valence-corrected chi connectivity index (χ2v) is 3.36. The summed E-state index contributed by atoms with van der Waals surface area (Å²) >= 11 is 7.89. The molecule has 0 aliphatic carbocycles. The Morgan fingerprint density at radius 2 is 2.20 bits per heavy atom. The van der Waals surface area contributed by atoms with Crippen molar-refractivity contribution < 1.29 is 5.11 Å². The highest BCUT2D eigenvalue weighted by molar-refractivity contribution is 14.1. The maximum atomic E-state index is 8.78. The third-order valence-corrected chi connectivity index (χ3v) is 3.11. The van der Waals surface area contributed by atoms with Crippen molar-refractivity contribution in [3.8, 4) is 0 Å². The summed E-state index contributed by atoms with van der Waals surface area (Å²) in [6, 6.07) is 5.49. The summed E-state index contributed by atoms with van der Waals surface area (Å²) < 4.78 is 0.935. The molecule has 10 heavy (non-hydrogen) atoms. The Bertz CT molecular complexity index is 237. The third kappa shape index (κ3) is 1.62. The lowest BCUT2D eigenvalue weighted by Gasteiger charge is -2.00. The van der Waals surface area contributed by atoms with E-state index in [1.165, 1.54) is 0 Å². The monoisotopic (exact) mass is 268 g/mol. The van der Waals surface area contributed by atoms with Gasteiger partial charge in [0.05, 0.1) is 11.6 Å². The van der Waals surface area contributed by atoms with Crippen LogP contribution >= 0.6 is 34.2 Å². The molecule has 0 aromatic heterocycles. The Labute approximate surface area is 78.2 Å². The summed E-state index contributed by atoms with van der Waals surface area (Å²) in [4.78, 5) is 0. The molecule has 0 amide bonds. The fraction of sp³-hybridized carbons (Fsp3) is 0.143. The van der Waals surface area contributed by atoms with Crippen LogP contribution in [-0.2, 0) is 6.61 Å². The van der Waals surface area contributed by atoms with Crippen molar-refractivity contribution in [3.63, 3.8) is 0 Å². The molecule has 0 aliphatic heterocycles. The van der Waals surface area contributed by atoms with Crippen molar-refractivity contribution in [1.29, 1.82) is 0 Å². The van der Waals surface area contributed by atoms with Crippen LogP contribution in [0.3, 0.4) is 0 Å². The van der Waals surface area contributed by atoms with Crippen molar-refractivity contribution >= 4 is 34.2 Å². The minimum atomic E-state index is 0.0544. The van der Waals surface area contributed by atoms with Gasteiger partial charge in [0.15, 0.2) is 0 Å². The van der Waals surface area contributed by atoms with Crippen LogP contribution in [0.5, 0.6) is 0 Å². The first-order chi connectivity index (χ1) is 4.75. The Kier molecular flexibility index (Phi) is 2.95. The molecule has 1 nitrogen and oxygen atoms in total.